The van der Waals surface area contributed by atoms with E-state index in [1.165, 1.54) is 9.88 Å². The third-order valence-electron chi connectivity index (χ3n) is 2.13. The van der Waals surface area contributed by atoms with E-state index in [4.69, 9.17) is 4.74 Å². The molecule has 3 nitrogen and oxygen atoms in total. The molecule has 0 atom stereocenters. The van der Waals surface area contributed by atoms with Crippen LogP contribution < -0.4 is 5.32 Å². The van der Waals surface area contributed by atoms with Crippen molar-refractivity contribution in [3.63, 3.8) is 0 Å². The molecule has 1 aliphatic rings. The summed E-state index contributed by atoms with van der Waals surface area (Å²) in [7, 11) is 0. The molecule has 1 aromatic rings. The van der Waals surface area contributed by atoms with Crippen LogP contribution in [0.25, 0.3) is 0 Å². The lowest BCUT2D eigenvalue weighted by Crippen LogP contribution is -2.45. The lowest BCUT2D eigenvalue weighted by atomic mass is 10.2. The van der Waals surface area contributed by atoms with Crippen LogP contribution in [0.3, 0.4) is 0 Å². The zero-order valence-corrected chi connectivity index (χ0v) is 8.56. The van der Waals surface area contributed by atoms with Gasteiger partial charge in [0, 0.05) is 17.6 Å². The summed E-state index contributed by atoms with van der Waals surface area (Å²) in [6.45, 7) is 4.75. The summed E-state index contributed by atoms with van der Waals surface area (Å²) in [6, 6.07) is 0.550. The molecule has 13 heavy (non-hydrogen) atoms. The summed E-state index contributed by atoms with van der Waals surface area (Å²) in [5.74, 6) is 0. The molecular formula is C9H14N2OS. The highest BCUT2D eigenvalue weighted by atomic mass is 32.1. The van der Waals surface area contributed by atoms with Gasteiger partial charge in [-0.3, -0.25) is 0 Å². The average Bonchev–Trinajstić information content (AvgIpc) is 2.49. The van der Waals surface area contributed by atoms with Crippen LogP contribution in [0.5, 0.6) is 0 Å². The van der Waals surface area contributed by atoms with Crippen LogP contribution in [-0.2, 0) is 17.7 Å². The van der Waals surface area contributed by atoms with Gasteiger partial charge in [0.1, 0.15) is 5.01 Å². The van der Waals surface area contributed by atoms with Gasteiger partial charge in [-0.05, 0) is 6.42 Å². The van der Waals surface area contributed by atoms with Gasteiger partial charge in [0.05, 0.1) is 19.3 Å². The molecule has 0 unspecified atom stereocenters. The molecule has 1 fully saturated rings. The molecule has 2 rings (SSSR count). The molecule has 4 heteroatoms. The van der Waals surface area contributed by atoms with Gasteiger partial charge in [-0.2, -0.15) is 0 Å². The lowest BCUT2D eigenvalue weighted by molar-refractivity contribution is -0.00578. The number of rotatable bonds is 4. The lowest BCUT2D eigenvalue weighted by Gasteiger charge is -2.26. The molecule has 0 spiro atoms. The van der Waals surface area contributed by atoms with Crippen LogP contribution in [0.1, 0.15) is 16.8 Å². The minimum absolute atomic E-state index is 0.550. The van der Waals surface area contributed by atoms with E-state index in [1.54, 1.807) is 11.3 Å². The fourth-order valence-electron chi connectivity index (χ4n) is 1.18. The largest absolute Gasteiger partial charge is 0.378 e. The summed E-state index contributed by atoms with van der Waals surface area (Å²) >= 11 is 1.80. The van der Waals surface area contributed by atoms with E-state index in [-0.39, 0.29) is 0 Å². The molecule has 1 N–H and O–H groups in total. The predicted octanol–water partition coefficient (Wildman–Crippen LogP) is 1.19. The van der Waals surface area contributed by atoms with Crippen molar-refractivity contribution in [2.24, 2.45) is 0 Å². The van der Waals surface area contributed by atoms with E-state index in [2.05, 4.69) is 17.2 Å². The van der Waals surface area contributed by atoms with Crippen molar-refractivity contribution < 1.29 is 4.74 Å². The highest BCUT2D eigenvalue weighted by Gasteiger charge is 2.17. The van der Waals surface area contributed by atoms with Gasteiger partial charge in [0.2, 0.25) is 0 Å². The van der Waals surface area contributed by atoms with Gasteiger partial charge >= 0.3 is 0 Å². The maximum absolute atomic E-state index is 5.07. The van der Waals surface area contributed by atoms with Crippen LogP contribution in [0.15, 0.2) is 6.20 Å². The van der Waals surface area contributed by atoms with Gasteiger partial charge < -0.3 is 10.1 Å². The number of hydrogen-bond donors (Lipinski definition) is 1. The van der Waals surface area contributed by atoms with Crippen LogP contribution in [0.2, 0.25) is 0 Å². The fraction of sp³-hybridized carbons (Fsp3) is 0.667. The minimum atomic E-state index is 0.550. The number of nitrogens with zero attached hydrogens (tertiary/aromatic N) is 1. The summed E-state index contributed by atoms with van der Waals surface area (Å²) in [6.07, 6.45) is 3.06. The maximum Gasteiger partial charge on any atom is 0.107 e. The first kappa shape index (κ1) is 9.12. The van der Waals surface area contributed by atoms with Crippen LogP contribution in [0.4, 0.5) is 0 Å². The van der Waals surface area contributed by atoms with E-state index in [0.29, 0.717) is 6.04 Å². The second kappa shape index (κ2) is 4.17. The highest BCUT2D eigenvalue weighted by molar-refractivity contribution is 7.11. The Balaban J connectivity index is 1.79. The number of thiazole rings is 1. The van der Waals surface area contributed by atoms with Crippen molar-refractivity contribution in [3.8, 4) is 0 Å². The van der Waals surface area contributed by atoms with Crippen molar-refractivity contribution in [3.05, 3.63) is 16.1 Å². The summed E-state index contributed by atoms with van der Waals surface area (Å²) in [5.41, 5.74) is 0. The first-order chi connectivity index (χ1) is 6.38. The molecule has 2 heterocycles. The first-order valence-electron chi connectivity index (χ1n) is 4.63. The SMILES string of the molecule is CCc1cnc(CNC2COC2)s1. The van der Waals surface area contributed by atoms with Crippen LogP contribution >= 0.6 is 11.3 Å². The molecule has 0 amide bonds. The molecule has 0 radical (unpaired) electrons. The zero-order valence-electron chi connectivity index (χ0n) is 7.75. The number of aromatic nitrogens is 1. The molecular weight excluding hydrogens is 184 g/mol. The standard InChI is InChI=1S/C9H14N2OS/c1-2-8-3-11-9(13-8)4-10-7-5-12-6-7/h3,7,10H,2,4-6H2,1H3. The normalized spacial score (nSPS) is 17.3. The third-order valence-corrected chi connectivity index (χ3v) is 3.27. The Bertz CT molecular complexity index is 270. The predicted molar refractivity (Wildman–Crippen MR) is 52.9 cm³/mol. The van der Waals surface area contributed by atoms with Crippen molar-refractivity contribution in [2.45, 2.75) is 25.9 Å². The van der Waals surface area contributed by atoms with E-state index < -0.39 is 0 Å². The highest BCUT2D eigenvalue weighted by Crippen LogP contribution is 2.13. The number of hydrogen-bond acceptors (Lipinski definition) is 4. The Labute approximate surface area is 82.1 Å². The minimum Gasteiger partial charge on any atom is -0.378 e. The number of aryl methyl sites for hydroxylation is 1. The Morgan fingerprint density at radius 3 is 3.08 bits per heavy atom. The zero-order chi connectivity index (χ0) is 9.10. The Morgan fingerprint density at radius 2 is 2.54 bits per heavy atom. The number of ether oxygens (including phenoxy) is 1. The molecule has 0 bridgehead atoms. The van der Waals surface area contributed by atoms with Crippen molar-refractivity contribution in [2.75, 3.05) is 13.2 Å². The van der Waals surface area contributed by atoms with E-state index >= 15 is 0 Å². The summed E-state index contributed by atoms with van der Waals surface area (Å²) in [5, 5.41) is 4.58. The molecule has 0 aliphatic carbocycles. The molecule has 0 saturated carbocycles. The Kier molecular flexibility index (Phi) is 2.93. The molecule has 72 valence electrons. The van der Waals surface area contributed by atoms with Crippen molar-refractivity contribution in [1.29, 1.82) is 0 Å². The summed E-state index contributed by atoms with van der Waals surface area (Å²) < 4.78 is 5.07. The quantitative estimate of drug-likeness (QED) is 0.789. The Morgan fingerprint density at radius 1 is 1.69 bits per heavy atom. The Hall–Kier alpha value is -0.450. The number of nitrogens with one attached hydrogen (secondary N) is 1. The molecule has 1 saturated heterocycles. The first-order valence-corrected chi connectivity index (χ1v) is 5.45. The van der Waals surface area contributed by atoms with Gasteiger partial charge in [0.25, 0.3) is 0 Å². The van der Waals surface area contributed by atoms with E-state index in [9.17, 15) is 0 Å². The van der Waals surface area contributed by atoms with E-state index in [0.717, 1.165) is 26.2 Å². The van der Waals surface area contributed by atoms with Crippen molar-refractivity contribution >= 4 is 11.3 Å². The van der Waals surface area contributed by atoms with Crippen molar-refractivity contribution in [1.82, 2.24) is 10.3 Å². The average molecular weight is 198 g/mol. The van der Waals surface area contributed by atoms with E-state index in [1.807, 2.05) is 6.20 Å². The molecule has 1 aliphatic heterocycles. The smallest absolute Gasteiger partial charge is 0.107 e. The van der Waals surface area contributed by atoms with Gasteiger partial charge in [-0.1, -0.05) is 6.92 Å². The molecule has 0 aromatic carbocycles. The van der Waals surface area contributed by atoms with Gasteiger partial charge in [0.15, 0.2) is 0 Å². The van der Waals surface area contributed by atoms with Crippen LogP contribution in [-0.4, -0.2) is 24.2 Å². The van der Waals surface area contributed by atoms with Crippen LogP contribution in [0, 0.1) is 0 Å². The topological polar surface area (TPSA) is 34.2 Å². The third kappa shape index (κ3) is 2.27. The second-order valence-corrected chi connectivity index (χ2v) is 4.39. The maximum atomic E-state index is 5.07. The second-order valence-electron chi connectivity index (χ2n) is 3.19. The summed E-state index contributed by atoms with van der Waals surface area (Å²) in [4.78, 5) is 5.70. The van der Waals surface area contributed by atoms with Gasteiger partial charge in [-0.25, -0.2) is 4.98 Å². The molecule has 1 aromatic heterocycles. The monoisotopic (exact) mass is 198 g/mol. The van der Waals surface area contributed by atoms with Gasteiger partial charge in [-0.15, -0.1) is 11.3 Å². The fourth-order valence-corrected chi connectivity index (χ4v) is 1.99.